The molecule has 2 aromatic carbocycles. The quantitative estimate of drug-likeness (QED) is 0.277. The molecule has 5 N–H and O–H groups in total. The van der Waals surface area contributed by atoms with Gasteiger partial charge in [-0.2, -0.15) is 0 Å². The van der Waals surface area contributed by atoms with E-state index in [0.29, 0.717) is 6.54 Å². The van der Waals surface area contributed by atoms with Gasteiger partial charge in [-0.05, 0) is 56.7 Å². The second-order valence-electron chi connectivity index (χ2n) is 9.95. The van der Waals surface area contributed by atoms with Crippen molar-refractivity contribution in [1.82, 2.24) is 15.5 Å². The molecule has 1 saturated heterocycles. The number of alkyl carbamates (subject to hydrolysis) is 1. The fourth-order valence-corrected chi connectivity index (χ4v) is 5.58. The van der Waals surface area contributed by atoms with Crippen LogP contribution < -0.4 is 16.4 Å². The zero-order valence-electron chi connectivity index (χ0n) is 22.6. The lowest BCUT2D eigenvalue weighted by Gasteiger charge is -2.33. The van der Waals surface area contributed by atoms with Gasteiger partial charge in [0, 0.05) is 17.3 Å². The van der Waals surface area contributed by atoms with Gasteiger partial charge in [0.2, 0.25) is 5.91 Å². The van der Waals surface area contributed by atoms with Crippen LogP contribution in [0.1, 0.15) is 37.5 Å². The first-order chi connectivity index (χ1) is 18.5. The highest BCUT2D eigenvalue weighted by atomic mass is 32.2. The summed E-state index contributed by atoms with van der Waals surface area (Å²) < 4.78 is 4.59. The van der Waals surface area contributed by atoms with Crippen molar-refractivity contribution >= 4 is 29.7 Å². The Hall–Kier alpha value is -3.68. The standard InChI is InChI=1S/C29H36N4O5S/c1-19-10-8-9-13-22(19)17-31-26(35)25-29(3,4)39-18-33(25)27(36)24(34)23(16-21-11-6-5-7-12-21)32-28(37)38-20(2)14-15-30/h5-13,20,23-25,34H,16-18,30H2,1-4H3,(H,31,35)(H,32,37)/t20?,23-,24-,25+/m0/s1. The molecule has 4 atom stereocenters. The van der Waals surface area contributed by atoms with Crippen LogP contribution in [-0.4, -0.2) is 62.8 Å². The Morgan fingerprint density at radius 1 is 1.18 bits per heavy atom. The van der Waals surface area contributed by atoms with Crippen molar-refractivity contribution in [2.45, 2.75) is 69.7 Å². The van der Waals surface area contributed by atoms with Crippen LogP contribution in [0.25, 0.3) is 0 Å². The molecular formula is C29H36N4O5S. The summed E-state index contributed by atoms with van der Waals surface area (Å²) in [5.74, 6) is 1.77. The SMILES string of the molecule is Cc1ccccc1CNC(=O)[C@H]1N(C(=O)[C@@H](O)[C@H](Cc2ccccc2)NC(=O)OC(C)C#CN)CSC1(C)C. The number of nitrogens with zero attached hydrogens (tertiary/aromatic N) is 1. The summed E-state index contributed by atoms with van der Waals surface area (Å²) in [6, 6.07) is 17.3. The number of thioether (sulfide) groups is 1. The molecule has 3 amide bonds. The van der Waals surface area contributed by atoms with Crippen molar-refractivity contribution in [3.8, 4) is 12.0 Å². The number of aliphatic hydroxyl groups is 1. The Morgan fingerprint density at radius 3 is 2.51 bits per heavy atom. The third kappa shape index (κ3) is 7.91. The number of carbonyl (C=O) groups excluding carboxylic acids is 3. The van der Waals surface area contributed by atoms with Gasteiger partial charge >= 0.3 is 6.09 Å². The maximum Gasteiger partial charge on any atom is 0.408 e. The van der Waals surface area contributed by atoms with Gasteiger partial charge in [0.1, 0.15) is 6.04 Å². The lowest BCUT2D eigenvalue weighted by molar-refractivity contribution is -0.147. The normalized spacial score (nSPS) is 18.2. The van der Waals surface area contributed by atoms with Crippen molar-refractivity contribution in [1.29, 1.82) is 0 Å². The zero-order chi connectivity index (χ0) is 28.6. The van der Waals surface area contributed by atoms with Crippen LogP contribution in [0.2, 0.25) is 0 Å². The van der Waals surface area contributed by atoms with E-state index in [9.17, 15) is 19.5 Å². The van der Waals surface area contributed by atoms with E-state index in [1.54, 1.807) is 6.92 Å². The summed E-state index contributed by atoms with van der Waals surface area (Å²) >= 11 is 1.45. The van der Waals surface area contributed by atoms with Crippen LogP contribution in [0.4, 0.5) is 4.79 Å². The number of hydrogen-bond donors (Lipinski definition) is 4. The molecule has 1 heterocycles. The van der Waals surface area contributed by atoms with Gasteiger partial charge in [-0.1, -0.05) is 54.6 Å². The first kappa shape index (κ1) is 29.9. The first-order valence-corrected chi connectivity index (χ1v) is 13.7. The Labute approximate surface area is 233 Å². The Kier molecular flexibility index (Phi) is 10.3. The molecule has 1 fully saturated rings. The summed E-state index contributed by atoms with van der Waals surface area (Å²) in [6.07, 6.45) is -3.09. The maximum atomic E-state index is 13.7. The second kappa shape index (κ2) is 13.4. The third-order valence-corrected chi connectivity index (χ3v) is 7.97. The average molecular weight is 553 g/mol. The van der Waals surface area contributed by atoms with Crippen molar-refractivity contribution in [3.63, 3.8) is 0 Å². The number of amides is 3. The molecule has 0 bridgehead atoms. The third-order valence-electron chi connectivity index (χ3n) is 6.60. The smallest absolute Gasteiger partial charge is 0.408 e. The van der Waals surface area contributed by atoms with Crippen molar-refractivity contribution in [3.05, 3.63) is 71.3 Å². The number of carbonyl (C=O) groups is 3. The highest BCUT2D eigenvalue weighted by Crippen LogP contribution is 2.40. The van der Waals surface area contributed by atoms with Gasteiger partial charge in [-0.3, -0.25) is 9.59 Å². The minimum atomic E-state index is -1.63. The lowest BCUT2D eigenvalue weighted by Crippen LogP contribution is -2.58. The number of rotatable bonds is 9. The number of hydrogen-bond acceptors (Lipinski definition) is 7. The van der Waals surface area contributed by atoms with E-state index in [1.807, 2.05) is 75.4 Å². The number of nitrogens with two attached hydrogens (primary N) is 1. The number of aryl methyl sites for hydroxylation is 1. The molecule has 1 aliphatic rings. The number of aliphatic hydroxyl groups excluding tert-OH is 1. The average Bonchev–Trinajstić information content (AvgIpc) is 3.22. The van der Waals surface area contributed by atoms with Crippen LogP contribution in [0.5, 0.6) is 0 Å². The number of benzene rings is 2. The van der Waals surface area contributed by atoms with Crippen LogP contribution in [-0.2, 0) is 27.3 Å². The molecular weight excluding hydrogens is 516 g/mol. The van der Waals surface area contributed by atoms with Crippen LogP contribution in [0.15, 0.2) is 54.6 Å². The summed E-state index contributed by atoms with van der Waals surface area (Å²) in [4.78, 5) is 41.0. The molecule has 0 saturated carbocycles. The predicted molar refractivity (Wildman–Crippen MR) is 151 cm³/mol. The van der Waals surface area contributed by atoms with Crippen LogP contribution >= 0.6 is 11.8 Å². The zero-order valence-corrected chi connectivity index (χ0v) is 23.5. The molecule has 0 spiro atoms. The second-order valence-corrected chi connectivity index (χ2v) is 11.6. The van der Waals surface area contributed by atoms with Gasteiger partial charge in [0.05, 0.1) is 11.9 Å². The molecule has 0 aromatic heterocycles. The van der Waals surface area contributed by atoms with Gasteiger partial charge in [-0.25, -0.2) is 4.79 Å². The Balaban J connectivity index is 1.78. The highest BCUT2D eigenvalue weighted by Gasteiger charge is 2.49. The van der Waals surface area contributed by atoms with Gasteiger partial charge < -0.3 is 31.1 Å². The lowest BCUT2D eigenvalue weighted by atomic mass is 9.97. The molecule has 39 heavy (non-hydrogen) atoms. The summed E-state index contributed by atoms with van der Waals surface area (Å²) in [5, 5.41) is 16.8. The predicted octanol–water partition coefficient (Wildman–Crippen LogP) is 2.30. The van der Waals surface area contributed by atoms with Crippen molar-refractivity contribution in [2.75, 3.05) is 5.88 Å². The molecule has 208 valence electrons. The Morgan fingerprint density at radius 2 is 1.85 bits per heavy atom. The van der Waals surface area contributed by atoms with Gasteiger partial charge in [0.25, 0.3) is 5.91 Å². The van der Waals surface area contributed by atoms with E-state index >= 15 is 0 Å². The molecule has 1 unspecified atom stereocenters. The van der Waals surface area contributed by atoms with E-state index in [0.717, 1.165) is 16.7 Å². The summed E-state index contributed by atoms with van der Waals surface area (Å²) in [7, 11) is 0. The number of ether oxygens (including phenoxy) is 1. The van der Waals surface area contributed by atoms with E-state index in [2.05, 4.69) is 22.6 Å². The number of nitrogens with one attached hydrogen (secondary N) is 2. The van der Waals surface area contributed by atoms with Crippen molar-refractivity contribution in [2.24, 2.45) is 5.73 Å². The molecule has 1 aliphatic heterocycles. The molecule has 10 heteroatoms. The van der Waals surface area contributed by atoms with E-state index in [1.165, 1.54) is 16.7 Å². The van der Waals surface area contributed by atoms with Crippen LogP contribution in [0.3, 0.4) is 0 Å². The fourth-order valence-electron chi connectivity index (χ4n) is 4.44. The molecule has 3 rings (SSSR count). The van der Waals surface area contributed by atoms with E-state index < -0.39 is 41.0 Å². The largest absolute Gasteiger partial charge is 0.433 e. The fraction of sp³-hybridized carbons (Fsp3) is 0.414. The minimum Gasteiger partial charge on any atom is -0.433 e. The van der Waals surface area contributed by atoms with Gasteiger partial charge in [-0.15, -0.1) is 11.8 Å². The topological polar surface area (TPSA) is 134 Å². The monoisotopic (exact) mass is 552 g/mol. The van der Waals surface area contributed by atoms with E-state index in [4.69, 9.17) is 10.5 Å². The summed E-state index contributed by atoms with van der Waals surface area (Å²) in [6.45, 7) is 7.63. The van der Waals surface area contributed by atoms with Crippen LogP contribution in [0, 0.1) is 18.9 Å². The maximum absolute atomic E-state index is 13.7. The van der Waals surface area contributed by atoms with Gasteiger partial charge in [0.15, 0.2) is 12.2 Å². The molecule has 9 nitrogen and oxygen atoms in total. The molecule has 0 aliphatic carbocycles. The summed E-state index contributed by atoms with van der Waals surface area (Å²) in [5.41, 5.74) is 8.02. The first-order valence-electron chi connectivity index (χ1n) is 12.7. The molecule has 0 radical (unpaired) electrons. The molecule has 2 aromatic rings. The highest BCUT2D eigenvalue weighted by molar-refractivity contribution is 8.00. The minimum absolute atomic E-state index is 0.161. The van der Waals surface area contributed by atoms with E-state index in [-0.39, 0.29) is 18.2 Å². The van der Waals surface area contributed by atoms with Crippen molar-refractivity contribution < 1.29 is 24.2 Å². The Bertz CT molecular complexity index is 1230.